The van der Waals surface area contributed by atoms with Gasteiger partial charge in [-0.2, -0.15) is 0 Å². The molecule has 1 amide bonds. The second kappa shape index (κ2) is 9.35. The molecule has 1 aliphatic carbocycles. The minimum absolute atomic E-state index is 0.0281. The maximum Gasteiger partial charge on any atom is 0.269 e. The van der Waals surface area contributed by atoms with Gasteiger partial charge in [0.1, 0.15) is 0 Å². The Labute approximate surface area is 205 Å². The molecule has 1 spiro atoms. The highest BCUT2D eigenvalue weighted by atomic mass is 32.2. The lowest BCUT2D eigenvalue weighted by Gasteiger charge is -2.53. The molecule has 1 N–H and O–H groups in total. The fraction of sp³-hybridized carbons (Fsp3) is 0.500. The minimum Gasteiger partial charge on any atom is -0.337 e. The molecule has 5 rings (SSSR count). The molecule has 186 valence electrons. The van der Waals surface area contributed by atoms with Crippen LogP contribution in [0.3, 0.4) is 0 Å². The lowest BCUT2D eigenvalue weighted by Crippen LogP contribution is -2.60. The average molecular weight is 498 g/mol. The number of hydrogen-bond acceptors (Lipinski definition) is 5. The van der Waals surface area contributed by atoms with Gasteiger partial charge in [0.15, 0.2) is 0 Å². The van der Waals surface area contributed by atoms with Crippen LogP contribution in [0, 0.1) is 22.0 Å². The van der Waals surface area contributed by atoms with Crippen LogP contribution in [0.2, 0.25) is 0 Å². The molecule has 0 aromatic heterocycles. The van der Waals surface area contributed by atoms with Crippen LogP contribution >= 0.6 is 0 Å². The zero-order valence-corrected chi connectivity index (χ0v) is 20.5. The molecular formula is C26H31N3O5S. The Morgan fingerprint density at radius 1 is 1.03 bits per heavy atom. The Balaban J connectivity index is 1.47. The zero-order chi connectivity index (χ0) is 24.6. The summed E-state index contributed by atoms with van der Waals surface area (Å²) in [6.07, 6.45) is 6.48. The van der Waals surface area contributed by atoms with Crippen LogP contribution in [-0.4, -0.2) is 42.3 Å². The smallest absolute Gasteiger partial charge is 0.269 e. The van der Waals surface area contributed by atoms with Crippen molar-refractivity contribution in [3.63, 3.8) is 0 Å². The van der Waals surface area contributed by atoms with Gasteiger partial charge in [0.25, 0.3) is 5.69 Å². The normalized spacial score (nSPS) is 28.7. The summed E-state index contributed by atoms with van der Waals surface area (Å²) in [4.78, 5) is 25.5. The van der Waals surface area contributed by atoms with E-state index in [1.54, 1.807) is 0 Å². The number of nitrogens with zero attached hydrogens (tertiary/aromatic N) is 2. The maximum atomic E-state index is 13.3. The number of hydrogen-bond donors (Lipinski definition) is 1. The van der Waals surface area contributed by atoms with Gasteiger partial charge in [0.2, 0.25) is 15.9 Å². The molecular weight excluding hydrogens is 466 g/mol. The van der Waals surface area contributed by atoms with Gasteiger partial charge >= 0.3 is 0 Å². The molecule has 3 aliphatic rings. The molecule has 0 bridgehead atoms. The summed E-state index contributed by atoms with van der Waals surface area (Å²) < 4.78 is 29.7. The van der Waals surface area contributed by atoms with Crippen LogP contribution in [0.4, 0.5) is 5.69 Å². The zero-order valence-electron chi connectivity index (χ0n) is 19.6. The number of nitro benzene ring substituents is 1. The number of rotatable bonds is 6. The summed E-state index contributed by atoms with van der Waals surface area (Å²) in [6, 6.07) is 14.9. The number of sulfonamides is 1. The van der Waals surface area contributed by atoms with E-state index in [0.717, 1.165) is 50.6 Å². The third kappa shape index (κ3) is 4.47. The van der Waals surface area contributed by atoms with Crippen molar-refractivity contribution in [2.24, 2.45) is 11.8 Å². The Bertz CT molecular complexity index is 1200. The first-order valence-electron chi connectivity index (χ1n) is 12.4. The SMILES string of the molecule is O=C1CCC[C@H]2[C@@H](Cc3ccccc3)[C@@H](NS(=O)(=O)c3ccc([N+](=O)[O-])cc3)CC[C@]23CCCN13. The van der Waals surface area contributed by atoms with E-state index < -0.39 is 14.9 Å². The van der Waals surface area contributed by atoms with Gasteiger partial charge in [-0.3, -0.25) is 14.9 Å². The molecule has 0 unspecified atom stereocenters. The molecule has 2 heterocycles. The lowest BCUT2D eigenvalue weighted by molar-refractivity contribution is -0.384. The highest BCUT2D eigenvalue weighted by molar-refractivity contribution is 7.89. The van der Waals surface area contributed by atoms with Crippen LogP contribution in [0.15, 0.2) is 59.5 Å². The molecule has 3 fully saturated rings. The van der Waals surface area contributed by atoms with E-state index in [2.05, 4.69) is 21.8 Å². The number of nitrogens with one attached hydrogen (secondary N) is 1. The van der Waals surface area contributed by atoms with Crippen LogP contribution in [-0.2, 0) is 21.2 Å². The molecule has 4 atom stereocenters. The number of carbonyl (C=O) groups excluding carboxylic acids is 1. The van der Waals surface area contributed by atoms with Crippen LogP contribution in [0.1, 0.15) is 50.5 Å². The second-order valence-electron chi connectivity index (χ2n) is 10.1. The third-order valence-corrected chi connectivity index (χ3v) is 9.83. The summed E-state index contributed by atoms with van der Waals surface area (Å²) in [5, 5.41) is 11.0. The second-order valence-corrected chi connectivity index (χ2v) is 11.8. The van der Waals surface area contributed by atoms with Crippen molar-refractivity contribution in [2.45, 2.75) is 67.8 Å². The van der Waals surface area contributed by atoms with Crippen molar-refractivity contribution >= 4 is 21.6 Å². The molecule has 8 nitrogen and oxygen atoms in total. The Morgan fingerprint density at radius 2 is 1.77 bits per heavy atom. The average Bonchev–Trinajstić information content (AvgIpc) is 3.22. The molecule has 2 saturated heterocycles. The van der Waals surface area contributed by atoms with Crippen molar-refractivity contribution < 1.29 is 18.1 Å². The molecule has 9 heteroatoms. The van der Waals surface area contributed by atoms with Crippen LogP contribution in [0.5, 0.6) is 0 Å². The van der Waals surface area contributed by atoms with Crippen molar-refractivity contribution in [2.75, 3.05) is 6.54 Å². The van der Waals surface area contributed by atoms with Gasteiger partial charge in [-0.15, -0.1) is 0 Å². The van der Waals surface area contributed by atoms with Crippen molar-refractivity contribution in [3.8, 4) is 0 Å². The summed E-state index contributed by atoms with van der Waals surface area (Å²) in [6.45, 7) is 0.798. The summed E-state index contributed by atoms with van der Waals surface area (Å²) in [5.74, 6) is 0.508. The van der Waals surface area contributed by atoms with Gasteiger partial charge in [-0.25, -0.2) is 13.1 Å². The highest BCUT2D eigenvalue weighted by Gasteiger charge is 2.56. The number of amides is 1. The number of non-ortho nitro benzene ring substituents is 1. The number of benzene rings is 2. The van der Waals surface area contributed by atoms with Crippen LogP contribution < -0.4 is 4.72 Å². The Hall–Kier alpha value is -2.78. The Morgan fingerprint density at radius 3 is 2.49 bits per heavy atom. The fourth-order valence-corrected chi connectivity index (χ4v) is 8.15. The standard InChI is InChI=1S/C26H31N3O5S/c30-25-9-4-8-23-22(18-19-6-2-1-3-7-19)24(14-16-26(23)15-5-17-28(25)26)27-35(33,34)21-12-10-20(11-13-21)29(31)32/h1-3,6-7,10-13,22-24,27H,4-5,8-9,14-18H2/t22-,23+,24+,26-/m1/s1. The monoisotopic (exact) mass is 497 g/mol. The summed E-state index contributed by atoms with van der Waals surface area (Å²) >= 11 is 0. The molecule has 2 aromatic rings. The van der Waals surface area contributed by atoms with E-state index in [9.17, 15) is 23.3 Å². The quantitative estimate of drug-likeness (QED) is 0.478. The van der Waals surface area contributed by atoms with E-state index in [1.165, 1.54) is 24.3 Å². The molecule has 2 aromatic carbocycles. The first-order chi connectivity index (χ1) is 16.8. The van der Waals surface area contributed by atoms with Gasteiger partial charge in [-0.05, 0) is 74.5 Å². The van der Waals surface area contributed by atoms with Crippen LogP contribution in [0.25, 0.3) is 0 Å². The first-order valence-corrected chi connectivity index (χ1v) is 13.9. The van der Waals surface area contributed by atoms with Crippen molar-refractivity contribution in [1.82, 2.24) is 9.62 Å². The predicted molar refractivity (Wildman–Crippen MR) is 131 cm³/mol. The Kier molecular flexibility index (Phi) is 6.40. The van der Waals surface area contributed by atoms with Crippen molar-refractivity contribution in [1.29, 1.82) is 0 Å². The number of nitro groups is 1. The van der Waals surface area contributed by atoms with E-state index in [4.69, 9.17) is 0 Å². The maximum absolute atomic E-state index is 13.3. The van der Waals surface area contributed by atoms with Gasteiger partial charge in [0.05, 0.1) is 9.82 Å². The first kappa shape index (κ1) is 23.9. The van der Waals surface area contributed by atoms with Gasteiger partial charge in [0, 0.05) is 36.7 Å². The molecule has 2 aliphatic heterocycles. The minimum atomic E-state index is -3.86. The molecule has 0 radical (unpaired) electrons. The van der Waals surface area contributed by atoms with E-state index >= 15 is 0 Å². The third-order valence-electron chi connectivity index (χ3n) is 8.33. The lowest BCUT2D eigenvalue weighted by atomic mass is 9.61. The largest absolute Gasteiger partial charge is 0.337 e. The van der Waals surface area contributed by atoms with Gasteiger partial charge in [-0.1, -0.05) is 30.3 Å². The topological polar surface area (TPSA) is 110 Å². The molecule has 1 saturated carbocycles. The van der Waals surface area contributed by atoms with E-state index in [1.807, 2.05) is 18.2 Å². The van der Waals surface area contributed by atoms with E-state index in [0.29, 0.717) is 12.8 Å². The van der Waals surface area contributed by atoms with Crippen molar-refractivity contribution in [3.05, 3.63) is 70.3 Å². The summed E-state index contributed by atoms with van der Waals surface area (Å²) in [5.41, 5.74) is 0.840. The predicted octanol–water partition coefficient (Wildman–Crippen LogP) is 4.06. The van der Waals surface area contributed by atoms with Gasteiger partial charge < -0.3 is 4.90 Å². The number of carbonyl (C=O) groups is 1. The van der Waals surface area contributed by atoms with E-state index in [-0.39, 0.29) is 39.9 Å². The molecule has 35 heavy (non-hydrogen) atoms. The summed E-state index contributed by atoms with van der Waals surface area (Å²) in [7, 11) is -3.86. The fourth-order valence-electron chi connectivity index (χ4n) is 6.83. The highest BCUT2D eigenvalue weighted by Crippen LogP contribution is 2.52.